The Labute approximate surface area is 82.0 Å². The number of hydrogen-bond donors (Lipinski definition) is 0. The van der Waals surface area contributed by atoms with Crippen molar-refractivity contribution in [2.24, 2.45) is 0 Å². The average molecular weight is 190 g/mol. The van der Waals surface area contributed by atoms with Crippen LogP contribution in [0.3, 0.4) is 0 Å². The molecule has 1 aromatic heterocycles. The molecule has 0 aliphatic carbocycles. The summed E-state index contributed by atoms with van der Waals surface area (Å²) in [6.45, 7) is 3.96. The number of halogens is 1. The van der Waals surface area contributed by atoms with Crippen LogP contribution in [0, 0.1) is 19.7 Å². The van der Waals surface area contributed by atoms with Crippen LogP contribution < -0.4 is 0 Å². The second kappa shape index (κ2) is 3.25. The van der Waals surface area contributed by atoms with Crippen molar-refractivity contribution in [2.45, 2.75) is 13.8 Å². The van der Waals surface area contributed by atoms with E-state index in [1.54, 1.807) is 16.8 Å². The highest BCUT2D eigenvalue weighted by Gasteiger charge is 2.01. The molecular formula is C11H11FN2. The third-order valence-corrected chi connectivity index (χ3v) is 2.24. The van der Waals surface area contributed by atoms with Crippen molar-refractivity contribution in [1.82, 2.24) is 9.78 Å². The molecule has 2 rings (SSSR count). The molecule has 0 atom stereocenters. The van der Waals surface area contributed by atoms with Gasteiger partial charge in [-0.1, -0.05) is 0 Å². The van der Waals surface area contributed by atoms with E-state index in [1.165, 1.54) is 12.1 Å². The van der Waals surface area contributed by atoms with Crippen LogP contribution in [0.1, 0.15) is 11.3 Å². The molecule has 2 aromatic rings. The largest absolute Gasteiger partial charge is 0.240 e. The molecule has 3 heteroatoms. The second-order valence-electron chi connectivity index (χ2n) is 3.32. The highest BCUT2D eigenvalue weighted by atomic mass is 19.1. The quantitative estimate of drug-likeness (QED) is 0.676. The monoisotopic (exact) mass is 190 g/mol. The Bertz CT molecular complexity index is 423. The van der Waals surface area contributed by atoms with Crippen molar-refractivity contribution < 1.29 is 4.39 Å². The minimum Gasteiger partial charge on any atom is -0.240 e. The van der Waals surface area contributed by atoms with Crippen molar-refractivity contribution in [2.75, 3.05) is 0 Å². The van der Waals surface area contributed by atoms with Crippen LogP contribution in [0.25, 0.3) is 5.69 Å². The fourth-order valence-electron chi connectivity index (χ4n) is 1.27. The van der Waals surface area contributed by atoms with Crippen molar-refractivity contribution in [3.05, 3.63) is 47.5 Å². The van der Waals surface area contributed by atoms with Gasteiger partial charge in [0.05, 0.1) is 11.4 Å². The lowest BCUT2D eigenvalue weighted by molar-refractivity contribution is 0.627. The molecule has 1 aromatic carbocycles. The van der Waals surface area contributed by atoms with Crippen LogP contribution in [0.2, 0.25) is 0 Å². The average Bonchev–Trinajstić information content (AvgIpc) is 2.48. The van der Waals surface area contributed by atoms with Gasteiger partial charge in [-0.25, -0.2) is 9.07 Å². The Morgan fingerprint density at radius 1 is 1.14 bits per heavy atom. The van der Waals surface area contributed by atoms with Gasteiger partial charge in [0.25, 0.3) is 0 Å². The van der Waals surface area contributed by atoms with Crippen LogP contribution in [0.15, 0.2) is 30.5 Å². The number of benzene rings is 1. The lowest BCUT2D eigenvalue weighted by Crippen LogP contribution is -1.94. The second-order valence-corrected chi connectivity index (χ2v) is 3.32. The number of aromatic nitrogens is 2. The molecule has 2 nitrogen and oxygen atoms in total. The standard InChI is InChI=1S/C11H11FN2/c1-8-7-14(13-9(8)2)11-5-3-10(12)4-6-11/h3-7H,1-2H3. The lowest BCUT2D eigenvalue weighted by atomic mass is 10.3. The summed E-state index contributed by atoms with van der Waals surface area (Å²) in [7, 11) is 0. The Morgan fingerprint density at radius 2 is 1.79 bits per heavy atom. The summed E-state index contributed by atoms with van der Waals surface area (Å²) in [6.07, 6.45) is 1.93. The molecule has 0 fully saturated rings. The number of nitrogens with zero attached hydrogens (tertiary/aromatic N) is 2. The Balaban J connectivity index is 2.44. The first kappa shape index (κ1) is 8.94. The zero-order chi connectivity index (χ0) is 10.1. The molecular weight excluding hydrogens is 179 g/mol. The number of rotatable bonds is 1. The predicted octanol–water partition coefficient (Wildman–Crippen LogP) is 2.63. The molecule has 0 radical (unpaired) electrons. The maximum atomic E-state index is 12.7. The SMILES string of the molecule is Cc1cn(-c2ccc(F)cc2)nc1C. The summed E-state index contributed by atoms with van der Waals surface area (Å²) in [6, 6.07) is 6.28. The summed E-state index contributed by atoms with van der Waals surface area (Å²) in [4.78, 5) is 0. The topological polar surface area (TPSA) is 17.8 Å². The van der Waals surface area contributed by atoms with Crippen LogP contribution >= 0.6 is 0 Å². The van der Waals surface area contributed by atoms with Gasteiger partial charge in [0.2, 0.25) is 0 Å². The third-order valence-electron chi connectivity index (χ3n) is 2.24. The van der Waals surface area contributed by atoms with E-state index in [4.69, 9.17) is 0 Å². The molecule has 0 saturated carbocycles. The maximum Gasteiger partial charge on any atom is 0.123 e. The number of aryl methyl sites for hydroxylation is 2. The normalized spacial score (nSPS) is 10.5. The summed E-state index contributed by atoms with van der Waals surface area (Å²) in [5, 5.41) is 4.30. The molecule has 0 N–H and O–H groups in total. The van der Waals surface area contributed by atoms with E-state index >= 15 is 0 Å². The van der Waals surface area contributed by atoms with Gasteiger partial charge >= 0.3 is 0 Å². The fraction of sp³-hybridized carbons (Fsp3) is 0.182. The van der Waals surface area contributed by atoms with Gasteiger partial charge in [0, 0.05) is 6.20 Å². The molecule has 72 valence electrons. The van der Waals surface area contributed by atoms with Crippen LogP contribution in [-0.4, -0.2) is 9.78 Å². The van der Waals surface area contributed by atoms with Crippen molar-refractivity contribution in [3.63, 3.8) is 0 Å². The van der Waals surface area contributed by atoms with Gasteiger partial charge in [-0.15, -0.1) is 0 Å². The summed E-state index contributed by atoms with van der Waals surface area (Å²) >= 11 is 0. The van der Waals surface area contributed by atoms with Crippen LogP contribution in [-0.2, 0) is 0 Å². The molecule has 14 heavy (non-hydrogen) atoms. The summed E-state index contributed by atoms with van der Waals surface area (Å²) < 4.78 is 14.4. The Hall–Kier alpha value is -1.64. The minimum atomic E-state index is -0.227. The van der Waals surface area contributed by atoms with Gasteiger partial charge in [-0.05, 0) is 43.7 Å². The third kappa shape index (κ3) is 1.53. The maximum absolute atomic E-state index is 12.7. The van der Waals surface area contributed by atoms with E-state index in [0.717, 1.165) is 16.9 Å². The molecule has 0 unspecified atom stereocenters. The van der Waals surface area contributed by atoms with Gasteiger partial charge < -0.3 is 0 Å². The first-order chi connectivity index (χ1) is 6.66. The van der Waals surface area contributed by atoms with E-state index in [9.17, 15) is 4.39 Å². The number of hydrogen-bond acceptors (Lipinski definition) is 1. The van der Waals surface area contributed by atoms with E-state index in [1.807, 2.05) is 20.0 Å². The fourth-order valence-corrected chi connectivity index (χ4v) is 1.27. The van der Waals surface area contributed by atoms with Crippen molar-refractivity contribution >= 4 is 0 Å². The van der Waals surface area contributed by atoms with E-state index in [-0.39, 0.29) is 5.82 Å². The highest BCUT2D eigenvalue weighted by molar-refractivity contribution is 5.32. The zero-order valence-electron chi connectivity index (χ0n) is 8.16. The molecule has 0 amide bonds. The first-order valence-corrected chi connectivity index (χ1v) is 4.45. The summed E-state index contributed by atoms with van der Waals surface area (Å²) in [5.74, 6) is -0.227. The first-order valence-electron chi connectivity index (χ1n) is 4.45. The predicted molar refractivity (Wildman–Crippen MR) is 53.0 cm³/mol. The van der Waals surface area contributed by atoms with Crippen LogP contribution in [0.5, 0.6) is 0 Å². The van der Waals surface area contributed by atoms with Gasteiger partial charge in [0.1, 0.15) is 5.82 Å². The smallest absolute Gasteiger partial charge is 0.123 e. The minimum absolute atomic E-state index is 0.227. The molecule has 0 aliphatic rings. The van der Waals surface area contributed by atoms with Gasteiger partial charge in [-0.3, -0.25) is 0 Å². The highest BCUT2D eigenvalue weighted by Crippen LogP contribution is 2.11. The van der Waals surface area contributed by atoms with Crippen molar-refractivity contribution in [1.29, 1.82) is 0 Å². The Kier molecular flexibility index (Phi) is 2.08. The Morgan fingerprint density at radius 3 is 2.29 bits per heavy atom. The molecule has 0 bridgehead atoms. The van der Waals surface area contributed by atoms with Crippen LogP contribution in [0.4, 0.5) is 4.39 Å². The van der Waals surface area contributed by atoms with E-state index in [2.05, 4.69) is 5.10 Å². The lowest BCUT2D eigenvalue weighted by Gasteiger charge is -1.99. The van der Waals surface area contributed by atoms with Gasteiger partial charge in [0.15, 0.2) is 0 Å². The van der Waals surface area contributed by atoms with E-state index in [0.29, 0.717) is 0 Å². The molecule has 0 spiro atoms. The molecule has 0 saturated heterocycles. The van der Waals surface area contributed by atoms with Crippen molar-refractivity contribution in [3.8, 4) is 5.69 Å². The van der Waals surface area contributed by atoms with E-state index < -0.39 is 0 Å². The summed E-state index contributed by atoms with van der Waals surface area (Å²) in [5.41, 5.74) is 3.01. The zero-order valence-corrected chi connectivity index (χ0v) is 8.16. The molecule has 0 aliphatic heterocycles. The molecule has 1 heterocycles. The van der Waals surface area contributed by atoms with Gasteiger partial charge in [-0.2, -0.15) is 5.10 Å².